The number of hydrogen-bond acceptors (Lipinski definition) is 3. The first kappa shape index (κ1) is 12.4. The lowest BCUT2D eigenvalue weighted by atomic mass is 10.1. The van der Waals surface area contributed by atoms with Gasteiger partial charge in [0.2, 0.25) is 11.4 Å². The molecular weight excluding hydrogens is 240 g/mol. The van der Waals surface area contributed by atoms with Gasteiger partial charge in [-0.15, -0.1) is 5.06 Å². The summed E-state index contributed by atoms with van der Waals surface area (Å²) in [5.41, 5.74) is 0.379. The largest absolute Gasteiger partial charge is 0.622 e. The minimum Gasteiger partial charge on any atom is -0.622 e. The number of nitrogens with zero attached hydrogens (tertiary/aromatic N) is 2. The van der Waals surface area contributed by atoms with E-state index in [0.29, 0.717) is 10.7 Å². The molecule has 0 aromatic heterocycles. The van der Waals surface area contributed by atoms with Crippen molar-refractivity contribution in [3.8, 4) is 0 Å². The van der Waals surface area contributed by atoms with Crippen molar-refractivity contribution >= 4 is 17.3 Å². The molecule has 5 heteroatoms. The highest BCUT2D eigenvalue weighted by Crippen LogP contribution is 2.27. The lowest BCUT2D eigenvalue weighted by Crippen LogP contribution is -2.45. The third kappa shape index (κ3) is 1.82. The lowest BCUT2D eigenvalue weighted by Gasteiger charge is -2.24. The third-order valence-electron chi connectivity index (χ3n) is 3.18. The van der Waals surface area contributed by atoms with Gasteiger partial charge < -0.3 is 10.4 Å². The van der Waals surface area contributed by atoms with E-state index < -0.39 is 5.66 Å². The summed E-state index contributed by atoms with van der Waals surface area (Å²) in [5, 5.41) is 23.8. The van der Waals surface area contributed by atoms with Crippen LogP contribution < -0.4 is 0 Å². The lowest BCUT2D eigenvalue weighted by molar-refractivity contribution is -0.579. The molecule has 0 amide bonds. The van der Waals surface area contributed by atoms with Gasteiger partial charge in [0.15, 0.2) is 0 Å². The Kier molecular flexibility index (Phi) is 2.89. The van der Waals surface area contributed by atoms with Gasteiger partial charge in [-0.25, -0.2) is 0 Å². The molecule has 1 heterocycles. The first-order valence-corrected chi connectivity index (χ1v) is 5.82. The maximum Gasteiger partial charge on any atom is 0.245 e. The number of hydroxylamine groups is 3. The predicted octanol–water partition coefficient (Wildman–Crippen LogP) is 2.47. The SMILES string of the molecule is C[C@H]1C(c2ccc(Cl)cc2)=[N+]([O-])C(C)(C)N1O. The van der Waals surface area contributed by atoms with Gasteiger partial charge in [0.25, 0.3) is 0 Å². The molecule has 92 valence electrons. The van der Waals surface area contributed by atoms with E-state index in [1.54, 1.807) is 45.0 Å². The average molecular weight is 255 g/mol. The van der Waals surface area contributed by atoms with Crippen LogP contribution in [0, 0.1) is 5.21 Å². The van der Waals surface area contributed by atoms with Gasteiger partial charge in [0, 0.05) is 24.4 Å². The Labute approximate surface area is 105 Å². The van der Waals surface area contributed by atoms with Crippen molar-refractivity contribution < 1.29 is 9.95 Å². The van der Waals surface area contributed by atoms with E-state index >= 15 is 0 Å². The molecule has 2 rings (SSSR count). The third-order valence-corrected chi connectivity index (χ3v) is 3.43. The highest BCUT2D eigenvalue weighted by atomic mass is 35.5. The molecule has 0 aliphatic carbocycles. The number of hydrogen-bond donors (Lipinski definition) is 1. The second-order valence-electron chi connectivity index (χ2n) is 4.70. The van der Waals surface area contributed by atoms with Crippen LogP contribution in [0.5, 0.6) is 0 Å². The maximum absolute atomic E-state index is 12.2. The van der Waals surface area contributed by atoms with Gasteiger partial charge in [-0.05, 0) is 31.2 Å². The summed E-state index contributed by atoms with van der Waals surface area (Å²) in [7, 11) is 0. The Balaban J connectivity index is 2.51. The maximum atomic E-state index is 12.2. The smallest absolute Gasteiger partial charge is 0.245 e. The second-order valence-corrected chi connectivity index (χ2v) is 5.14. The highest BCUT2D eigenvalue weighted by Gasteiger charge is 2.49. The van der Waals surface area contributed by atoms with Crippen LogP contribution in [-0.4, -0.2) is 32.4 Å². The van der Waals surface area contributed by atoms with Gasteiger partial charge in [-0.3, -0.25) is 0 Å². The van der Waals surface area contributed by atoms with Crippen LogP contribution >= 0.6 is 11.6 Å². The zero-order chi connectivity index (χ0) is 12.8. The van der Waals surface area contributed by atoms with Crippen LogP contribution in [0.25, 0.3) is 0 Å². The first-order chi connectivity index (χ1) is 7.85. The molecule has 0 radical (unpaired) electrons. The van der Waals surface area contributed by atoms with E-state index in [-0.39, 0.29) is 6.04 Å². The summed E-state index contributed by atoms with van der Waals surface area (Å²) >= 11 is 5.82. The average Bonchev–Trinajstić information content (AvgIpc) is 2.43. The Morgan fingerprint density at radius 2 is 1.88 bits per heavy atom. The van der Waals surface area contributed by atoms with Gasteiger partial charge in [-0.1, -0.05) is 11.6 Å². The molecule has 1 aliphatic heterocycles. The topological polar surface area (TPSA) is 49.5 Å². The van der Waals surface area contributed by atoms with Crippen LogP contribution in [-0.2, 0) is 0 Å². The van der Waals surface area contributed by atoms with E-state index in [1.165, 1.54) is 0 Å². The molecule has 0 saturated carbocycles. The van der Waals surface area contributed by atoms with Crippen LogP contribution in [0.2, 0.25) is 5.02 Å². The van der Waals surface area contributed by atoms with Crippen molar-refractivity contribution in [2.75, 3.05) is 0 Å². The molecular formula is C12H15ClN2O2. The Morgan fingerprint density at radius 3 is 2.29 bits per heavy atom. The summed E-state index contributed by atoms with van der Waals surface area (Å²) < 4.78 is 0.848. The fourth-order valence-electron chi connectivity index (χ4n) is 2.13. The van der Waals surface area contributed by atoms with Crippen LogP contribution in [0.15, 0.2) is 24.3 Å². The van der Waals surface area contributed by atoms with E-state index in [1.807, 2.05) is 0 Å². The molecule has 0 bridgehead atoms. The highest BCUT2D eigenvalue weighted by molar-refractivity contribution is 6.30. The standard InChI is InChI=1S/C12H15ClN2O2/c1-8-11(9-4-6-10(13)7-5-9)15(17)12(2,3)14(8)16/h4-8,16H,1-3H3/t8-/m0/s1. The molecule has 1 N–H and O–H groups in total. The molecule has 1 atom stereocenters. The molecule has 0 fully saturated rings. The molecule has 1 aromatic carbocycles. The van der Waals surface area contributed by atoms with Crippen molar-refractivity contribution in [2.24, 2.45) is 0 Å². The minimum absolute atomic E-state index is 0.344. The molecule has 1 aromatic rings. The second kappa shape index (κ2) is 3.98. The Hall–Kier alpha value is -1.10. The van der Waals surface area contributed by atoms with E-state index in [4.69, 9.17) is 11.6 Å². The van der Waals surface area contributed by atoms with Gasteiger partial charge in [0.05, 0.1) is 0 Å². The Bertz CT molecular complexity index is 468. The first-order valence-electron chi connectivity index (χ1n) is 5.44. The summed E-state index contributed by atoms with van der Waals surface area (Å²) in [5.74, 6) is 0. The molecule has 0 spiro atoms. The fraction of sp³-hybridized carbons (Fsp3) is 0.417. The number of benzene rings is 1. The van der Waals surface area contributed by atoms with Crippen LogP contribution in [0.1, 0.15) is 26.3 Å². The molecule has 17 heavy (non-hydrogen) atoms. The zero-order valence-electron chi connectivity index (χ0n) is 10.0. The van der Waals surface area contributed by atoms with Crippen LogP contribution in [0.3, 0.4) is 0 Å². The van der Waals surface area contributed by atoms with Crippen molar-refractivity contribution in [1.82, 2.24) is 5.06 Å². The summed E-state index contributed by atoms with van der Waals surface area (Å²) in [6.45, 7) is 5.16. The monoisotopic (exact) mass is 254 g/mol. The summed E-state index contributed by atoms with van der Waals surface area (Å²) in [6.07, 6.45) is 0. The van der Waals surface area contributed by atoms with E-state index in [9.17, 15) is 10.4 Å². The Morgan fingerprint density at radius 1 is 1.35 bits per heavy atom. The van der Waals surface area contributed by atoms with Crippen molar-refractivity contribution in [3.05, 3.63) is 40.1 Å². The quantitative estimate of drug-likeness (QED) is 0.619. The number of halogens is 1. The summed E-state index contributed by atoms with van der Waals surface area (Å²) in [6, 6.07) is 6.70. The molecule has 0 saturated heterocycles. The minimum atomic E-state index is -0.950. The van der Waals surface area contributed by atoms with Crippen molar-refractivity contribution in [3.63, 3.8) is 0 Å². The zero-order valence-corrected chi connectivity index (χ0v) is 10.8. The van der Waals surface area contributed by atoms with Gasteiger partial charge in [-0.2, -0.15) is 4.74 Å². The fourth-order valence-corrected chi connectivity index (χ4v) is 2.25. The van der Waals surface area contributed by atoms with Crippen molar-refractivity contribution in [1.29, 1.82) is 0 Å². The van der Waals surface area contributed by atoms with Gasteiger partial charge in [0.1, 0.15) is 6.04 Å². The summed E-state index contributed by atoms with van der Waals surface area (Å²) in [4.78, 5) is 0. The van der Waals surface area contributed by atoms with Crippen molar-refractivity contribution in [2.45, 2.75) is 32.5 Å². The number of rotatable bonds is 1. The van der Waals surface area contributed by atoms with Gasteiger partial charge >= 0.3 is 0 Å². The van der Waals surface area contributed by atoms with E-state index in [2.05, 4.69) is 0 Å². The van der Waals surface area contributed by atoms with E-state index in [0.717, 1.165) is 15.4 Å². The molecule has 4 nitrogen and oxygen atoms in total. The predicted molar refractivity (Wildman–Crippen MR) is 66.4 cm³/mol. The molecule has 1 aliphatic rings. The van der Waals surface area contributed by atoms with Crippen LogP contribution in [0.4, 0.5) is 0 Å². The molecule has 0 unspecified atom stereocenters. The normalized spacial score (nSPS) is 24.4.